The minimum Gasteiger partial charge on any atom is -0.478 e. The van der Waals surface area contributed by atoms with Crippen LogP contribution >= 0.6 is 46.4 Å². The molecule has 2 nitrogen and oxygen atoms in total. The molecule has 0 bridgehead atoms. The second kappa shape index (κ2) is 6.71. The second-order valence-corrected chi connectivity index (χ2v) is 5.76. The molecule has 0 fully saturated rings. The van der Waals surface area contributed by atoms with Gasteiger partial charge in [0.2, 0.25) is 0 Å². The number of rotatable bonds is 3. The van der Waals surface area contributed by atoms with Crippen LogP contribution in [-0.2, 0) is 4.79 Å². The van der Waals surface area contributed by atoms with Crippen LogP contribution in [0.25, 0.3) is 17.2 Å². The summed E-state index contributed by atoms with van der Waals surface area (Å²) in [6.07, 6.45) is 2.52. The highest BCUT2D eigenvalue weighted by atomic mass is 35.5. The van der Waals surface area contributed by atoms with E-state index >= 15 is 0 Å². The number of carboxylic acids is 1. The van der Waals surface area contributed by atoms with Crippen LogP contribution in [0.4, 0.5) is 0 Å². The van der Waals surface area contributed by atoms with Gasteiger partial charge in [-0.1, -0.05) is 52.5 Å². The number of benzene rings is 2. The summed E-state index contributed by atoms with van der Waals surface area (Å²) in [5.74, 6) is -1.02. The molecule has 21 heavy (non-hydrogen) atoms. The quantitative estimate of drug-likeness (QED) is 0.532. The largest absolute Gasteiger partial charge is 0.478 e. The first-order valence-corrected chi connectivity index (χ1v) is 7.25. The lowest BCUT2D eigenvalue weighted by atomic mass is 10.0. The molecule has 0 radical (unpaired) electrons. The van der Waals surface area contributed by atoms with E-state index < -0.39 is 5.97 Å². The fourth-order valence-electron chi connectivity index (χ4n) is 1.75. The van der Waals surface area contributed by atoms with Crippen LogP contribution in [0.5, 0.6) is 0 Å². The smallest absolute Gasteiger partial charge is 0.328 e. The van der Waals surface area contributed by atoms with Gasteiger partial charge in [0, 0.05) is 16.7 Å². The first-order valence-electron chi connectivity index (χ1n) is 5.74. The predicted octanol–water partition coefficient (Wildman–Crippen LogP) is 6.07. The molecule has 0 heterocycles. The highest BCUT2D eigenvalue weighted by molar-refractivity contribution is 6.48. The van der Waals surface area contributed by atoms with Crippen LogP contribution in [-0.4, -0.2) is 11.1 Å². The lowest BCUT2D eigenvalue weighted by molar-refractivity contribution is -0.131. The number of carboxylic acid groups (broad SMARTS) is 1. The molecular formula is C15H8Cl4O2. The standard InChI is InChI=1S/C15H8Cl4O2/c16-11-3-1-8(2-4-14(20)21)5-10(11)9-6-12(17)15(19)13(18)7-9/h1-7H,(H,20,21)/b4-2+. The average Bonchev–Trinajstić information content (AvgIpc) is 2.43. The molecule has 108 valence electrons. The Morgan fingerprint density at radius 1 is 0.952 bits per heavy atom. The van der Waals surface area contributed by atoms with Crippen molar-refractivity contribution in [3.63, 3.8) is 0 Å². The molecule has 0 saturated heterocycles. The molecule has 0 atom stereocenters. The van der Waals surface area contributed by atoms with Crippen molar-refractivity contribution in [2.45, 2.75) is 0 Å². The van der Waals surface area contributed by atoms with Crippen LogP contribution in [0, 0.1) is 0 Å². The summed E-state index contributed by atoms with van der Waals surface area (Å²) in [6.45, 7) is 0. The highest BCUT2D eigenvalue weighted by Crippen LogP contribution is 2.37. The normalized spacial score (nSPS) is 11.0. The summed E-state index contributed by atoms with van der Waals surface area (Å²) < 4.78 is 0. The predicted molar refractivity (Wildman–Crippen MR) is 88.6 cm³/mol. The molecule has 1 N–H and O–H groups in total. The van der Waals surface area contributed by atoms with Crippen molar-refractivity contribution in [1.82, 2.24) is 0 Å². The first-order chi connectivity index (χ1) is 9.88. The zero-order valence-corrected chi connectivity index (χ0v) is 13.4. The Kier molecular flexibility index (Phi) is 5.17. The van der Waals surface area contributed by atoms with Gasteiger partial charge in [-0.2, -0.15) is 0 Å². The maximum absolute atomic E-state index is 10.6. The van der Waals surface area contributed by atoms with Crippen molar-refractivity contribution in [2.24, 2.45) is 0 Å². The molecule has 0 saturated carbocycles. The molecule has 0 amide bonds. The van der Waals surface area contributed by atoms with Gasteiger partial charge in [0.1, 0.15) is 0 Å². The zero-order chi connectivity index (χ0) is 15.6. The van der Waals surface area contributed by atoms with Crippen LogP contribution in [0.3, 0.4) is 0 Å². The maximum atomic E-state index is 10.6. The third kappa shape index (κ3) is 3.92. The van der Waals surface area contributed by atoms with E-state index in [1.165, 1.54) is 6.08 Å². The molecule has 0 aliphatic rings. The van der Waals surface area contributed by atoms with Crippen LogP contribution in [0.2, 0.25) is 20.1 Å². The number of aliphatic carboxylic acids is 1. The Balaban J connectivity index is 2.53. The first kappa shape index (κ1) is 16.2. The SMILES string of the molecule is O=C(O)/C=C/c1ccc(Cl)c(-c2cc(Cl)c(Cl)c(Cl)c2)c1. The number of hydrogen-bond donors (Lipinski definition) is 1. The average molecular weight is 362 g/mol. The number of carbonyl (C=O) groups is 1. The molecular weight excluding hydrogens is 354 g/mol. The van der Waals surface area contributed by atoms with Crippen molar-refractivity contribution in [3.8, 4) is 11.1 Å². The summed E-state index contributed by atoms with van der Waals surface area (Å²) in [5.41, 5.74) is 2.08. The van der Waals surface area contributed by atoms with Gasteiger partial charge in [-0.05, 0) is 41.5 Å². The van der Waals surface area contributed by atoms with Crippen molar-refractivity contribution >= 4 is 58.4 Å². The van der Waals surface area contributed by atoms with Crippen molar-refractivity contribution < 1.29 is 9.90 Å². The van der Waals surface area contributed by atoms with E-state index in [1.807, 2.05) is 0 Å². The third-order valence-corrected chi connectivity index (χ3v) is 4.23. The molecule has 2 aromatic carbocycles. The van der Waals surface area contributed by atoms with E-state index in [2.05, 4.69) is 0 Å². The Morgan fingerprint density at radius 2 is 1.57 bits per heavy atom. The molecule has 0 aliphatic heterocycles. The maximum Gasteiger partial charge on any atom is 0.328 e. The van der Waals surface area contributed by atoms with Crippen LogP contribution in [0.1, 0.15) is 5.56 Å². The molecule has 0 aromatic heterocycles. The third-order valence-electron chi connectivity index (χ3n) is 2.70. The molecule has 0 aliphatic carbocycles. The van der Waals surface area contributed by atoms with Gasteiger partial charge in [-0.25, -0.2) is 4.79 Å². The van der Waals surface area contributed by atoms with Gasteiger partial charge >= 0.3 is 5.97 Å². The highest BCUT2D eigenvalue weighted by Gasteiger charge is 2.10. The molecule has 0 spiro atoms. The van der Waals surface area contributed by atoms with Gasteiger partial charge in [0.25, 0.3) is 0 Å². The minimum atomic E-state index is -1.02. The summed E-state index contributed by atoms with van der Waals surface area (Å²) in [6, 6.07) is 8.44. The van der Waals surface area contributed by atoms with E-state index in [1.54, 1.807) is 30.3 Å². The second-order valence-electron chi connectivity index (χ2n) is 4.16. The minimum absolute atomic E-state index is 0.278. The molecule has 0 unspecified atom stereocenters. The van der Waals surface area contributed by atoms with Gasteiger partial charge in [0.15, 0.2) is 0 Å². The fraction of sp³-hybridized carbons (Fsp3) is 0. The number of hydrogen-bond acceptors (Lipinski definition) is 1. The fourth-order valence-corrected chi connectivity index (χ4v) is 2.57. The monoisotopic (exact) mass is 360 g/mol. The summed E-state index contributed by atoms with van der Waals surface area (Å²) in [5, 5.41) is 10.1. The molecule has 6 heteroatoms. The van der Waals surface area contributed by atoms with Crippen LogP contribution in [0.15, 0.2) is 36.4 Å². The van der Waals surface area contributed by atoms with Gasteiger partial charge in [-0.3, -0.25) is 0 Å². The zero-order valence-electron chi connectivity index (χ0n) is 10.4. The summed E-state index contributed by atoms with van der Waals surface area (Å²) in [4.78, 5) is 10.6. The Hall–Kier alpha value is -1.19. The number of halogens is 4. The van der Waals surface area contributed by atoms with Crippen LogP contribution < -0.4 is 0 Å². The van der Waals surface area contributed by atoms with Crippen molar-refractivity contribution in [2.75, 3.05) is 0 Å². The lowest BCUT2D eigenvalue weighted by Crippen LogP contribution is -1.87. The van der Waals surface area contributed by atoms with E-state index in [4.69, 9.17) is 51.5 Å². The van der Waals surface area contributed by atoms with Crippen molar-refractivity contribution in [3.05, 3.63) is 62.1 Å². The van der Waals surface area contributed by atoms with Crippen molar-refractivity contribution in [1.29, 1.82) is 0 Å². The summed E-state index contributed by atoms with van der Waals surface area (Å²) >= 11 is 24.1. The van der Waals surface area contributed by atoms with E-state index in [0.29, 0.717) is 31.8 Å². The molecule has 2 rings (SSSR count). The van der Waals surface area contributed by atoms with E-state index in [-0.39, 0.29) is 5.02 Å². The topological polar surface area (TPSA) is 37.3 Å². The Labute approximate surface area is 141 Å². The Morgan fingerprint density at radius 3 is 2.14 bits per heavy atom. The Bertz CT molecular complexity index is 715. The van der Waals surface area contributed by atoms with Gasteiger partial charge in [0.05, 0.1) is 15.1 Å². The lowest BCUT2D eigenvalue weighted by Gasteiger charge is -2.09. The van der Waals surface area contributed by atoms with Gasteiger partial charge < -0.3 is 5.11 Å². The summed E-state index contributed by atoms with van der Waals surface area (Å²) in [7, 11) is 0. The van der Waals surface area contributed by atoms with Gasteiger partial charge in [-0.15, -0.1) is 0 Å². The van der Waals surface area contributed by atoms with E-state index in [9.17, 15) is 4.79 Å². The molecule has 2 aromatic rings. The van der Waals surface area contributed by atoms with E-state index in [0.717, 1.165) is 6.08 Å².